The van der Waals surface area contributed by atoms with Crippen LogP contribution in [0.4, 0.5) is 0 Å². The quantitative estimate of drug-likeness (QED) is 0.188. The smallest absolute Gasteiger partial charge is 0.335 e. The number of nitrogens with zero attached hydrogens (tertiary/aromatic N) is 3. The molecule has 0 unspecified atom stereocenters. The Bertz CT molecular complexity index is 1530. The van der Waals surface area contributed by atoms with Crippen LogP contribution in [0.5, 0.6) is 5.75 Å². The number of hydrogen-bond donors (Lipinski definition) is 1. The number of carbonyl (C=O) groups is 1. The number of aromatic carboxylic acids is 1. The molecule has 0 fully saturated rings. The molecular weight excluding hydrogens is 670 g/mol. The molecule has 0 saturated carbocycles. The first-order valence-electron chi connectivity index (χ1n) is 11.5. The van der Waals surface area contributed by atoms with Gasteiger partial charge in [0.2, 0.25) is 0 Å². The Labute approximate surface area is 238 Å². The Morgan fingerprint density at radius 2 is 1.78 bits per heavy atom. The van der Waals surface area contributed by atoms with Gasteiger partial charge < -0.3 is 9.84 Å². The van der Waals surface area contributed by atoms with Crippen molar-refractivity contribution in [1.82, 2.24) is 9.66 Å². The van der Waals surface area contributed by atoms with Gasteiger partial charge in [0.1, 0.15) is 18.2 Å². The average Bonchev–Trinajstić information content (AvgIpc) is 2.87. The maximum Gasteiger partial charge on any atom is 0.335 e. The zero-order valence-corrected chi connectivity index (χ0v) is 24.5. The molecule has 0 aliphatic rings. The first kappa shape index (κ1) is 27.2. The minimum atomic E-state index is -0.970. The Morgan fingerprint density at radius 1 is 1.08 bits per heavy atom. The molecule has 0 saturated heterocycles. The van der Waals surface area contributed by atoms with E-state index in [-0.39, 0.29) is 17.7 Å². The number of rotatable bonds is 9. The minimum Gasteiger partial charge on any atom is -0.487 e. The molecule has 0 aliphatic carbocycles. The zero-order valence-electron chi connectivity index (χ0n) is 19.7. The van der Waals surface area contributed by atoms with Crippen molar-refractivity contribution >= 4 is 70.9 Å². The van der Waals surface area contributed by atoms with Crippen molar-refractivity contribution in [2.45, 2.75) is 32.8 Å². The molecule has 0 spiro atoms. The summed E-state index contributed by atoms with van der Waals surface area (Å²) in [6.45, 7) is 2.35. The van der Waals surface area contributed by atoms with Crippen LogP contribution in [0.3, 0.4) is 0 Å². The van der Waals surface area contributed by atoms with Crippen molar-refractivity contribution in [3.63, 3.8) is 0 Å². The molecule has 10 heteroatoms. The lowest BCUT2D eigenvalue weighted by atomic mass is 10.1. The van der Waals surface area contributed by atoms with Gasteiger partial charge in [0.15, 0.2) is 0 Å². The van der Waals surface area contributed by atoms with E-state index in [9.17, 15) is 9.59 Å². The van der Waals surface area contributed by atoms with Gasteiger partial charge in [-0.05, 0) is 91.9 Å². The predicted molar refractivity (Wildman–Crippen MR) is 155 cm³/mol. The molecule has 4 aromatic rings. The van der Waals surface area contributed by atoms with Crippen LogP contribution in [-0.2, 0) is 13.0 Å². The Kier molecular flexibility index (Phi) is 8.94. The summed E-state index contributed by atoms with van der Waals surface area (Å²) < 4.78 is 9.53. The fourth-order valence-corrected chi connectivity index (χ4v) is 5.44. The molecule has 4 rings (SSSR count). The Morgan fingerprint density at radius 3 is 2.43 bits per heavy atom. The lowest BCUT2D eigenvalue weighted by molar-refractivity contribution is 0.0697. The summed E-state index contributed by atoms with van der Waals surface area (Å²) in [5, 5.41) is 14.0. The molecule has 0 aliphatic heterocycles. The van der Waals surface area contributed by atoms with Crippen molar-refractivity contribution in [2.75, 3.05) is 0 Å². The van der Waals surface area contributed by atoms with Gasteiger partial charge in [0, 0.05) is 10.9 Å². The number of carboxylic acids is 1. The summed E-state index contributed by atoms with van der Waals surface area (Å²) in [7, 11) is 0. The molecule has 0 bridgehead atoms. The second kappa shape index (κ2) is 12.1. The van der Waals surface area contributed by atoms with E-state index >= 15 is 0 Å². The molecular formula is C27H22Br3N3O4. The summed E-state index contributed by atoms with van der Waals surface area (Å²) in [5.41, 5.74) is 2.24. The molecule has 37 heavy (non-hydrogen) atoms. The molecule has 0 amide bonds. The number of halogens is 3. The van der Waals surface area contributed by atoms with Crippen LogP contribution < -0.4 is 10.3 Å². The summed E-state index contributed by atoms with van der Waals surface area (Å²) >= 11 is 10.5. The van der Waals surface area contributed by atoms with Gasteiger partial charge in [-0.25, -0.2) is 9.78 Å². The molecule has 3 aromatic carbocycles. The molecule has 0 radical (unpaired) electrons. The molecule has 1 aromatic heterocycles. The maximum absolute atomic E-state index is 13.3. The van der Waals surface area contributed by atoms with E-state index in [1.807, 2.05) is 24.3 Å². The largest absolute Gasteiger partial charge is 0.487 e. The standard InChI is InChI=1S/C27H22Br3N3O4/c1-2-3-4-24-32-23-10-9-19(28)13-20(23)26(34)33(24)31-14-17-11-21(29)25(22(30)12-17)37-15-16-5-7-18(8-6-16)27(35)36/h5-14H,2-4,15H2,1H3,(H,35,36). The summed E-state index contributed by atoms with van der Waals surface area (Å²) in [6, 6.07) is 15.7. The molecule has 7 nitrogen and oxygen atoms in total. The Balaban J connectivity index is 1.60. The minimum absolute atomic E-state index is 0.222. The maximum atomic E-state index is 13.3. The number of carboxylic acid groups (broad SMARTS) is 1. The van der Waals surface area contributed by atoms with Crippen LogP contribution in [0.2, 0.25) is 0 Å². The molecule has 190 valence electrons. The van der Waals surface area contributed by atoms with Gasteiger partial charge in [-0.3, -0.25) is 4.79 Å². The van der Waals surface area contributed by atoms with Crippen molar-refractivity contribution in [2.24, 2.45) is 5.10 Å². The van der Waals surface area contributed by atoms with E-state index in [4.69, 9.17) is 14.8 Å². The lowest BCUT2D eigenvalue weighted by Crippen LogP contribution is -2.22. The monoisotopic (exact) mass is 689 g/mol. The van der Waals surface area contributed by atoms with E-state index in [2.05, 4.69) is 59.8 Å². The van der Waals surface area contributed by atoms with E-state index in [1.165, 1.54) is 4.68 Å². The van der Waals surface area contributed by atoms with Crippen LogP contribution in [0.15, 0.2) is 77.9 Å². The van der Waals surface area contributed by atoms with Gasteiger partial charge in [0.25, 0.3) is 5.56 Å². The van der Waals surface area contributed by atoms with Crippen LogP contribution in [0.25, 0.3) is 10.9 Å². The number of benzene rings is 3. The van der Waals surface area contributed by atoms with E-state index < -0.39 is 5.97 Å². The highest BCUT2D eigenvalue weighted by molar-refractivity contribution is 9.11. The highest BCUT2D eigenvalue weighted by Gasteiger charge is 2.13. The van der Waals surface area contributed by atoms with Crippen LogP contribution >= 0.6 is 47.8 Å². The van der Waals surface area contributed by atoms with Crippen molar-refractivity contribution in [1.29, 1.82) is 0 Å². The summed E-state index contributed by atoms with van der Waals surface area (Å²) in [6.07, 6.45) is 4.13. The number of hydrogen-bond acceptors (Lipinski definition) is 5. The fraction of sp³-hybridized carbons (Fsp3) is 0.185. The van der Waals surface area contributed by atoms with Crippen molar-refractivity contribution < 1.29 is 14.6 Å². The highest BCUT2D eigenvalue weighted by atomic mass is 79.9. The van der Waals surface area contributed by atoms with Crippen LogP contribution in [0, 0.1) is 0 Å². The molecule has 1 heterocycles. The second-order valence-corrected chi connectivity index (χ2v) is 10.9. The number of aromatic nitrogens is 2. The first-order valence-corrected chi connectivity index (χ1v) is 13.8. The number of aryl methyl sites for hydroxylation is 1. The van der Waals surface area contributed by atoms with Crippen molar-refractivity contribution in [3.8, 4) is 5.75 Å². The molecule has 0 atom stereocenters. The Hall–Kier alpha value is -2.82. The fourth-order valence-electron chi connectivity index (χ4n) is 3.63. The zero-order chi connectivity index (χ0) is 26.5. The van der Waals surface area contributed by atoms with Gasteiger partial charge in [-0.2, -0.15) is 9.78 Å². The number of fused-ring (bicyclic) bond motifs is 1. The first-order chi connectivity index (χ1) is 17.8. The topological polar surface area (TPSA) is 93.8 Å². The van der Waals surface area contributed by atoms with Crippen LogP contribution in [-0.4, -0.2) is 27.0 Å². The third-order valence-electron chi connectivity index (χ3n) is 5.56. The normalized spacial score (nSPS) is 11.4. The van der Waals surface area contributed by atoms with Gasteiger partial charge in [-0.15, -0.1) is 0 Å². The van der Waals surface area contributed by atoms with Gasteiger partial charge >= 0.3 is 5.97 Å². The highest BCUT2D eigenvalue weighted by Crippen LogP contribution is 2.35. The van der Waals surface area contributed by atoms with Gasteiger partial charge in [0.05, 0.1) is 31.6 Å². The number of ether oxygens (including phenoxy) is 1. The number of unbranched alkanes of at least 4 members (excludes halogenated alkanes) is 1. The summed E-state index contributed by atoms with van der Waals surface area (Å²) in [5.74, 6) is 0.240. The SMILES string of the molecule is CCCCc1nc2ccc(Br)cc2c(=O)n1N=Cc1cc(Br)c(OCc2ccc(C(=O)O)cc2)c(Br)c1. The van der Waals surface area contributed by atoms with Gasteiger partial charge in [-0.1, -0.05) is 41.4 Å². The molecule has 1 N–H and O–H groups in total. The predicted octanol–water partition coefficient (Wildman–Crippen LogP) is 7.19. The van der Waals surface area contributed by atoms with E-state index in [1.54, 1.807) is 36.5 Å². The van der Waals surface area contributed by atoms with Crippen molar-refractivity contribution in [3.05, 3.63) is 101 Å². The lowest BCUT2D eigenvalue weighted by Gasteiger charge is -2.12. The van der Waals surface area contributed by atoms with Crippen LogP contribution in [0.1, 0.15) is 47.1 Å². The average molecular weight is 692 g/mol. The summed E-state index contributed by atoms with van der Waals surface area (Å²) in [4.78, 5) is 29.0. The van der Waals surface area contributed by atoms with E-state index in [0.29, 0.717) is 37.8 Å². The third kappa shape index (κ3) is 6.55. The second-order valence-electron chi connectivity index (χ2n) is 8.26. The van der Waals surface area contributed by atoms with E-state index in [0.717, 1.165) is 28.4 Å². The third-order valence-corrected chi connectivity index (χ3v) is 7.23.